The molecule has 0 radical (unpaired) electrons. The highest BCUT2D eigenvalue weighted by Gasteiger charge is 2.13. The maximum atomic E-state index is 5.71. The number of hydrogen-bond acceptors (Lipinski definition) is 4. The highest BCUT2D eigenvalue weighted by atomic mass is 15.1. The van der Waals surface area contributed by atoms with E-state index in [9.17, 15) is 0 Å². The van der Waals surface area contributed by atoms with Crippen LogP contribution in [0.1, 0.15) is 35.4 Å². The number of aryl methyl sites for hydroxylation is 2. The molecule has 4 heteroatoms. The molecule has 0 aliphatic carbocycles. The zero-order valence-electron chi connectivity index (χ0n) is 16.9. The fourth-order valence-electron chi connectivity index (χ4n) is 3.36. The van der Waals surface area contributed by atoms with E-state index in [-0.39, 0.29) is 0 Å². The average Bonchev–Trinajstić information content (AvgIpc) is 2.71. The Balaban J connectivity index is 1.84. The van der Waals surface area contributed by atoms with Gasteiger partial charge in [0.25, 0.3) is 0 Å². The van der Waals surface area contributed by atoms with Gasteiger partial charge in [0.15, 0.2) is 0 Å². The van der Waals surface area contributed by atoms with Crippen LogP contribution in [0.25, 0.3) is 11.1 Å². The number of aromatic nitrogens is 2. The fraction of sp³-hybridized carbons (Fsp3) is 0.333. The van der Waals surface area contributed by atoms with Crippen LogP contribution in [-0.2, 0) is 13.1 Å². The second kappa shape index (κ2) is 10.1. The Hall–Kier alpha value is -2.56. The van der Waals surface area contributed by atoms with Gasteiger partial charge < -0.3 is 5.73 Å². The average molecular weight is 375 g/mol. The summed E-state index contributed by atoms with van der Waals surface area (Å²) in [6.45, 7) is 7.57. The van der Waals surface area contributed by atoms with Gasteiger partial charge in [0.05, 0.1) is 11.4 Å². The number of benzene rings is 1. The van der Waals surface area contributed by atoms with Crippen LogP contribution in [0.4, 0.5) is 0 Å². The van der Waals surface area contributed by atoms with Crippen molar-refractivity contribution in [1.82, 2.24) is 14.9 Å². The predicted molar refractivity (Wildman–Crippen MR) is 116 cm³/mol. The first kappa shape index (κ1) is 20.2. The molecule has 4 nitrogen and oxygen atoms in total. The molecule has 0 spiro atoms. The number of nitrogens with two attached hydrogens (primary N) is 1. The van der Waals surface area contributed by atoms with Gasteiger partial charge in [0.1, 0.15) is 0 Å². The van der Waals surface area contributed by atoms with Gasteiger partial charge in [-0.15, -0.1) is 0 Å². The number of rotatable bonds is 9. The van der Waals surface area contributed by atoms with E-state index in [2.05, 4.69) is 60.1 Å². The van der Waals surface area contributed by atoms with Crippen molar-refractivity contribution in [1.29, 1.82) is 0 Å². The second-order valence-electron chi connectivity index (χ2n) is 7.34. The van der Waals surface area contributed by atoms with E-state index in [4.69, 9.17) is 10.7 Å². The molecule has 0 aliphatic rings. The summed E-state index contributed by atoms with van der Waals surface area (Å²) in [5.41, 5.74) is 12.9. The smallest absolute Gasteiger partial charge is 0.0622 e. The van der Waals surface area contributed by atoms with Gasteiger partial charge in [-0.2, -0.15) is 0 Å². The Morgan fingerprint density at radius 3 is 2.21 bits per heavy atom. The molecule has 0 fully saturated rings. The first-order valence-corrected chi connectivity index (χ1v) is 10.0. The summed E-state index contributed by atoms with van der Waals surface area (Å²) in [4.78, 5) is 11.7. The van der Waals surface area contributed by atoms with Crippen LogP contribution >= 0.6 is 0 Å². The minimum atomic E-state index is 0.731. The summed E-state index contributed by atoms with van der Waals surface area (Å²) in [6.07, 6.45) is 5.87. The van der Waals surface area contributed by atoms with Gasteiger partial charge in [0.2, 0.25) is 0 Å². The lowest BCUT2D eigenvalue weighted by molar-refractivity contribution is 0.246. The molecular formula is C24H30N4. The Labute approximate surface area is 168 Å². The van der Waals surface area contributed by atoms with Crippen LogP contribution in [0.3, 0.4) is 0 Å². The van der Waals surface area contributed by atoms with Crippen molar-refractivity contribution in [3.05, 3.63) is 83.4 Å². The standard InChI is InChI=1S/C24H30N4/c1-19-9-11-21(12-10-19)22-8-6-15-27-24(22)18-28(16-4-3-13-25)17-23-20(2)7-5-14-26-23/h5-12,14-15H,3-4,13,16-18,25H2,1-2H3. The highest BCUT2D eigenvalue weighted by molar-refractivity contribution is 5.66. The van der Waals surface area contributed by atoms with Crippen molar-refractivity contribution in [2.24, 2.45) is 5.73 Å². The van der Waals surface area contributed by atoms with Gasteiger partial charge in [-0.3, -0.25) is 14.9 Å². The van der Waals surface area contributed by atoms with Crippen molar-refractivity contribution in [2.45, 2.75) is 39.8 Å². The maximum absolute atomic E-state index is 5.71. The molecule has 28 heavy (non-hydrogen) atoms. The summed E-state index contributed by atoms with van der Waals surface area (Å²) in [7, 11) is 0. The molecule has 0 saturated heterocycles. The van der Waals surface area contributed by atoms with Crippen LogP contribution in [0.2, 0.25) is 0 Å². The number of hydrogen-bond donors (Lipinski definition) is 1. The highest BCUT2D eigenvalue weighted by Crippen LogP contribution is 2.24. The third-order valence-corrected chi connectivity index (χ3v) is 5.05. The maximum Gasteiger partial charge on any atom is 0.0622 e. The molecule has 0 aliphatic heterocycles. The summed E-state index contributed by atoms with van der Waals surface area (Å²) in [5, 5.41) is 0. The lowest BCUT2D eigenvalue weighted by Crippen LogP contribution is -2.26. The van der Waals surface area contributed by atoms with Crippen LogP contribution in [0, 0.1) is 13.8 Å². The van der Waals surface area contributed by atoms with E-state index in [1.165, 1.54) is 22.3 Å². The fourth-order valence-corrected chi connectivity index (χ4v) is 3.36. The van der Waals surface area contributed by atoms with E-state index >= 15 is 0 Å². The number of nitrogens with zero attached hydrogens (tertiary/aromatic N) is 3. The van der Waals surface area contributed by atoms with Crippen molar-refractivity contribution in [3.8, 4) is 11.1 Å². The summed E-state index contributed by atoms with van der Waals surface area (Å²) >= 11 is 0. The first-order valence-electron chi connectivity index (χ1n) is 10.0. The lowest BCUT2D eigenvalue weighted by atomic mass is 10.0. The Morgan fingerprint density at radius 2 is 1.50 bits per heavy atom. The monoisotopic (exact) mass is 374 g/mol. The van der Waals surface area contributed by atoms with Crippen LogP contribution < -0.4 is 5.73 Å². The molecule has 0 atom stereocenters. The summed E-state index contributed by atoms with van der Waals surface area (Å²) < 4.78 is 0. The van der Waals surface area contributed by atoms with E-state index in [1.54, 1.807) is 0 Å². The van der Waals surface area contributed by atoms with Crippen molar-refractivity contribution in [2.75, 3.05) is 13.1 Å². The molecule has 3 rings (SSSR count). The topological polar surface area (TPSA) is 55.0 Å². The normalized spacial score (nSPS) is 11.1. The van der Waals surface area contributed by atoms with Crippen LogP contribution in [0.15, 0.2) is 60.9 Å². The van der Waals surface area contributed by atoms with E-state index in [0.29, 0.717) is 0 Å². The predicted octanol–water partition coefficient (Wildman–Crippen LogP) is 4.50. The molecule has 2 aromatic heterocycles. The zero-order chi connectivity index (χ0) is 19.8. The first-order chi connectivity index (χ1) is 13.7. The Kier molecular flexibility index (Phi) is 7.29. The largest absolute Gasteiger partial charge is 0.330 e. The van der Waals surface area contributed by atoms with Crippen molar-refractivity contribution >= 4 is 0 Å². The Morgan fingerprint density at radius 1 is 0.821 bits per heavy atom. The van der Waals surface area contributed by atoms with Crippen LogP contribution in [-0.4, -0.2) is 28.0 Å². The molecule has 0 saturated carbocycles. The molecule has 1 aromatic carbocycles. The van der Waals surface area contributed by atoms with Crippen molar-refractivity contribution < 1.29 is 0 Å². The number of pyridine rings is 2. The van der Waals surface area contributed by atoms with E-state index in [0.717, 1.165) is 50.4 Å². The molecule has 0 amide bonds. The molecule has 146 valence electrons. The molecule has 0 unspecified atom stereocenters. The quantitative estimate of drug-likeness (QED) is 0.560. The lowest BCUT2D eigenvalue weighted by Gasteiger charge is -2.23. The van der Waals surface area contributed by atoms with E-state index < -0.39 is 0 Å². The van der Waals surface area contributed by atoms with Gasteiger partial charge >= 0.3 is 0 Å². The van der Waals surface area contributed by atoms with Gasteiger partial charge in [-0.1, -0.05) is 42.0 Å². The zero-order valence-corrected chi connectivity index (χ0v) is 16.9. The number of unbranched alkanes of at least 4 members (excludes halogenated alkanes) is 1. The minimum absolute atomic E-state index is 0.731. The van der Waals surface area contributed by atoms with Crippen molar-refractivity contribution in [3.63, 3.8) is 0 Å². The minimum Gasteiger partial charge on any atom is -0.330 e. The molecule has 3 aromatic rings. The van der Waals surface area contributed by atoms with Gasteiger partial charge in [-0.25, -0.2) is 0 Å². The molecular weight excluding hydrogens is 344 g/mol. The van der Waals surface area contributed by atoms with Gasteiger partial charge in [-0.05, 0) is 63.0 Å². The second-order valence-corrected chi connectivity index (χ2v) is 7.34. The van der Waals surface area contributed by atoms with E-state index in [1.807, 2.05) is 24.5 Å². The molecule has 0 bridgehead atoms. The summed E-state index contributed by atoms with van der Waals surface area (Å²) in [6, 6.07) is 17.0. The third-order valence-electron chi connectivity index (χ3n) is 5.05. The van der Waals surface area contributed by atoms with Crippen LogP contribution in [0.5, 0.6) is 0 Å². The van der Waals surface area contributed by atoms with Gasteiger partial charge in [0, 0.05) is 31.0 Å². The molecule has 2 heterocycles. The molecule has 2 N–H and O–H groups in total. The third kappa shape index (κ3) is 5.47. The summed E-state index contributed by atoms with van der Waals surface area (Å²) in [5.74, 6) is 0. The SMILES string of the molecule is Cc1ccc(-c2cccnc2CN(CCCCN)Cc2ncccc2C)cc1. The Bertz CT molecular complexity index is 874.